The molecule has 9 nitrogen and oxygen atoms in total. The number of aromatic hydroxyl groups is 1. The molecule has 0 radical (unpaired) electrons. The molecule has 0 heterocycles. The van der Waals surface area contributed by atoms with Crippen molar-refractivity contribution in [1.29, 1.82) is 0 Å². The number of aliphatic hydroxyl groups is 1. The molecule has 2 unspecified atom stereocenters. The van der Waals surface area contributed by atoms with E-state index in [1.54, 1.807) is 45.0 Å². The number of benzene rings is 2. The number of nitrogens with one attached hydrogen (secondary N) is 2. The van der Waals surface area contributed by atoms with E-state index in [0.29, 0.717) is 17.7 Å². The fraction of sp³-hybridized carbons (Fsp3) is 0.516. The third-order valence-corrected chi connectivity index (χ3v) is 6.36. The van der Waals surface area contributed by atoms with Gasteiger partial charge in [-0.3, -0.25) is 9.59 Å². The molecule has 0 aliphatic rings. The number of amides is 3. The van der Waals surface area contributed by atoms with Gasteiger partial charge in [-0.15, -0.1) is 0 Å². The average molecular weight is 556 g/mol. The zero-order valence-electron chi connectivity index (χ0n) is 24.4. The Balaban J connectivity index is 2.45. The Labute approximate surface area is 237 Å². The van der Waals surface area contributed by atoms with Crippen molar-refractivity contribution in [3.63, 3.8) is 0 Å². The Morgan fingerprint density at radius 2 is 1.65 bits per heavy atom. The molecule has 0 spiro atoms. The molecule has 2 aromatic rings. The molecule has 0 aliphatic carbocycles. The topological polar surface area (TPSA) is 128 Å². The lowest BCUT2D eigenvalue weighted by Gasteiger charge is -2.34. The van der Waals surface area contributed by atoms with Crippen molar-refractivity contribution in [3.05, 3.63) is 59.7 Å². The maximum Gasteiger partial charge on any atom is 0.408 e. The highest BCUT2D eigenvalue weighted by Crippen LogP contribution is 2.28. The summed E-state index contributed by atoms with van der Waals surface area (Å²) in [6.07, 6.45) is 4.91. The highest BCUT2D eigenvalue weighted by Gasteiger charge is 2.36. The molecule has 2 aromatic carbocycles. The average Bonchev–Trinajstić information content (AvgIpc) is 2.88. The minimum Gasteiger partial charge on any atom is -0.508 e. The predicted molar refractivity (Wildman–Crippen MR) is 156 cm³/mol. The summed E-state index contributed by atoms with van der Waals surface area (Å²) in [5.41, 5.74) is 1.04. The molecule has 2 rings (SSSR count). The summed E-state index contributed by atoms with van der Waals surface area (Å²) in [4.78, 5) is 41.6. The van der Waals surface area contributed by atoms with E-state index < -0.39 is 42.2 Å². The van der Waals surface area contributed by atoms with Crippen molar-refractivity contribution < 1.29 is 29.3 Å². The first-order valence-corrected chi connectivity index (χ1v) is 14.0. The number of rotatable bonds is 14. The smallest absolute Gasteiger partial charge is 0.408 e. The number of ether oxygens (including phenoxy) is 1. The molecule has 0 aromatic heterocycles. The van der Waals surface area contributed by atoms with Gasteiger partial charge in [0.1, 0.15) is 23.4 Å². The van der Waals surface area contributed by atoms with Crippen LogP contribution in [-0.4, -0.2) is 57.8 Å². The molecule has 40 heavy (non-hydrogen) atoms. The molecule has 220 valence electrons. The van der Waals surface area contributed by atoms with E-state index in [-0.39, 0.29) is 12.3 Å². The minimum atomic E-state index is -1.33. The summed E-state index contributed by atoms with van der Waals surface area (Å²) in [6, 6.07) is 11.0. The molecule has 0 fully saturated rings. The van der Waals surface area contributed by atoms with Crippen molar-refractivity contribution >= 4 is 23.6 Å². The highest BCUT2D eigenvalue weighted by molar-refractivity contribution is 5.99. The Bertz CT molecular complexity index is 1110. The molecule has 0 bridgehead atoms. The van der Waals surface area contributed by atoms with Crippen LogP contribution in [0.5, 0.6) is 5.75 Å². The monoisotopic (exact) mass is 555 g/mol. The third kappa shape index (κ3) is 10.5. The lowest BCUT2D eigenvalue weighted by atomic mass is 10.0. The van der Waals surface area contributed by atoms with Gasteiger partial charge < -0.3 is 30.5 Å². The number of alkyl carbamates (subject to hydrolysis) is 1. The summed E-state index contributed by atoms with van der Waals surface area (Å²) in [5.74, 6) is -1.16. The Kier molecular flexibility index (Phi) is 12.9. The number of phenolic OH excluding ortho intramolecular Hbond substituents is 1. The second-order valence-corrected chi connectivity index (χ2v) is 11.0. The van der Waals surface area contributed by atoms with E-state index >= 15 is 0 Å². The van der Waals surface area contributed by atoms with Gasteiger partial charge in [0, 0.05) is 12.2 Å². The summed E-state index contributed by atoms with van der Waals surface area (Å²) in [6.45, 7) is 8.62. The number of unbranched alkanes of at least 4 members (excludes halogenated alkanes) is 5. The van der Waals surface area contributed by atoms with Gasteiger partial charge in [-0.2, -0.15) is 0 Å². The standard InChI is InChI=1S/C31H45N3O6/c1-6-7-8-9-10-13-19-34(29(38)26(21-35)33-30(39)40-31(3,4)5)27(23-16-14-17-24(36)20-23)28(37)32-25-18-12-11-15-22(25)2/h11-12,14-18,20,26-27,35-36H,6-10,13,19,21H2,1-5H3,(H,32,37)(H,33,39). The van der Waals surface area contributed by atoms with Gasteiger partial charge in [0.2, 0.25) is 5.91 Å². The fourth-order valence-corrected chi connectivity index (χ4v) is 4.35. The Morgan fingerprint density at radius 3 is 2.27 bits per heavy atom. The first-order chi connectivity index (χ1) is 19.0. The number of anilines is 1. The van der Waals surface area contributed by atoms with Crippen molar-refractivity contribution in [2.24, 2.45) is 0 Å². The summed E-state index contributed by atoms with van der Waals surface area (Å²) >= 11 is 0. The highest BCUT2D eigenvalue weighted by atomic mass is 16.6. The zero-order valence-corrected chi connectivity index (χ0v) is 24.4. The second-order valence-electron chi connectivity index (χ2n) is 11.0. The van der Waals surface area contributed by atoms with Crippen molar-refractivity contribution in [3.8, 4) is 5.75 Å². The lowest BCUT2D eigenvalue weighted by Crippen LogP contribution is -2.54. The normalized spacial score (nSPS) is 12.8. The van der Waals surface area contributed by atoms with E-state index in [2.05, 4.69) is 17.6 Å². The van der Waals surface area contributed by atoms with Gasteiger partial charge in [-0.1, -0.05) is 69.4 Å². The molecular weight excluding hydrogens is 510 g/mol. The first kappa shape index (κ1) is 32.6. The van der Waals surface area contributed by atoms with Crippen LogP contribution in [0.15, 0.2) is 48.5 Å². The largest absolute Gasteiger partial charge is 0.508 e. The molecule has 9 heteroatoms. The maximum absolute atomic E-state index is 13.9. The quantitative estimate of drug-likeness (QED) is 0.229. The summed E-state index contributed by atoms with van der Waals surface area (Å²) in [7, 11) is 0. The molecule has 4 N–H and O–H groups in total. The SMILES string of the molecule is CCCCCCCCN(C(=O)C(CO)NC(=O)OC(C)(C)C)C(C(=O)Nc1ccccc1C)c1cccc(O)c1. The predicted octanol–water partition coefficient (Wildman–Crippen LogP) is 5.46. The minimum absolute atomic E-state index is 0.0521. The van der Waals surface area contributed by atoms with Gasteiger partial charge in [0.05, 0.1) is 6.61 Å². The number of carbonyl (C=O) groups is 3. The Hall–Kier alpha value is -3.59. The Morgan fingerprint density at radius 1 is 0.975 bits per heavy atom. The number of aliphatic hydroxyl groups excluding tert-OH is 1. The molecule has 0 saturated carbocycles. The number of para-hydroxylation sites is 1. The van der Waals surface area contributed by atoms with Crippen LogP contribution in [-0.2, 0) is 14.3 Å². The first-order valence-electron chi connectivity index (χ1n) is 14.0. The van der Waals surface area contributed by atoms with Gasteiger partial charge in [-0.25, -0.2) is 4.79 Å². The maximum atomic E-state index is 13.9. The van der Waals surface area contributed by atoms with Crippen LogP contribution in [0.25, 0.3) is 0 Å². The van der Waals surface area contributed by atoms with E-state index in [9.17, 15) is 24.6 Å². The van der Waals surface area contributed by atoms with Crippen molar-refractivity contribution in [2.75, 3.05) is 18.5 Å². The van der Waals surface area contributed by atoms with E-state index in [4.69, 9.17) is 4.74 Å². The van der Waals surface area contributed by atoms with E-state index in [1.165, 1.54) is 17.0 Å². The lowest BCUT2D eigenvalue weighted by molar-refractivity contribution is -0.141. The zero-order chi connectivity index (χ0) is 29.7. The van der Waals surface area contributed by atoms with Crippen LogP contribution in [0.4, 0.5) is 10.5 Å². The van der Waals surface area contributed by atoms with Crippen LogP contribution >= 0.6 is 0 Å². The number of aryl methyl sites for hydroxylation is 1. The number of carbonyl (C=O) groups excluding carboxylic acids is 3. The van der Waals surface area contributed by atoms with Crippen LogP contribution in [0.1, 0.15) is 83.4 Å². The molecule has 2 atom stereocenters. The third-order valence-electron chi connectivity index (χ3n) is 6.36. The van der Waals surface area contributed by atoms with Crippen LogP contribution < -0.4 is 10.6 Å². The summed E-state index contributed by atoms with van der Waals surface area (Å²) in [5, 5.41) is 25.7. The number of hydrogen-bond acceptors (Lipinski definition) is 6. The van der Waals surface area contributed by atoms with E-state index in [1.807, 2.05) is 19.1 Å². The van der Waals surface area contributed by atoms with Gasteiger partial charge in [-0.05, 0) is 63.4 Å². The van der Waals surface area contributed by atoms with Crippen molar-refractivity contribution in [2.45, 2.75) is 90.8 Å². The fourth-order valence-electron chi connectivity index (χ4n) is 4.35. The van der Waals surface area contributed by atoms with Crippen LogP contribution in [0.3, 0.4) is 0 Å². The molecule has 0 aliphatic heterocycles. The van der Waals surface area contributed by atoms with Crippen LogP contribution in [0, 0.1) is 6.92 Å². The molecule has 0 saturated heterocycles. The second kappa shape index (κ2) is 15.9. The van der Waals surface area contributed by atoms with Crippen LogP contribution in [0.2, 0.25) is 0 Å². The van der Waals surface area contributed by atoms with Gasteiger partial charge in [0.25, 0.3) is 5.91 Å². The summed E-state index contributed by atoms with van der Waals surface area (Å²) < 4.78 is 5.29. The molecular formula is C31H45N3O6. The number of hydrogen-bond donors (Lipinski definition) is 4. The molecule has 3 amide bonds. The number of nitrogens with zero attached hydrogens (tertiary/aromatic N) is 1. The van der Waals surface area contributed by atoms with Gasteiger partial charge in [0.15, 0.2) is 0 Å². The number of phenols is 1. The van der Waals surface area contributed by atoms with Crippen molar-refractivity contribution in [1.82, 2.24) is 10.2 Å². The van der Waals surface area contributed by atoms with Gasteiger partial charge >= 0.3 is 6.09 Å². The van der Waals surface area contributed by atoms with E-state index in [0.717, 1.165) is 37.7 Å².